The Morgan fingerprint density at radius 3 is 2.32 bits per heavy atom. The molecule has 8 heteroatoms. The minimum absolute atomic E-state index is 0.0188. The van der Waals surface area contributed by atoms with Gasteiger partial charge in [0.25, 0.3) is 5.88 Å². The number of nitrogens with zero attached hydrogens (tertiary/aromatic N) is 2. The molecule has 0 spiro atoms. The van der Waals surface area contributed by atoms with Gasteiger partial charge in [-0.3, -0.25) is 10.1 Å². The lowest BCUT2D eigenvalue weighted by molar-refractivity contribution is -0.386. The first-order valence-electron chi connectivity index (χ1n) is 7.23. The fourth-order valence-electron chi connectivity index (χ4n) is 2.25. The van der Waals surface area contributed by atoms with Gasteiger partial charge in [0, 0.05) is 17.2 Å². The summed E-state index contributed by atoms with van der Waals surface area (Å²) in [4.78, 5) is 14.9. The number of nitro groups is 1. The number of hydrogen-bond donors (Lipinski definition) is 0. The van der Waals surface area contributed by atoms with Crippen LogP contribution in [0.3, 0.4) is 0 Å². The summed E-state index contributed by atoms with van der Waals surface area (Å²) in [5.41, 5.74) is -0.181. The average molecular weight is 308 g/mol. The van der Waals surface area contributed by atoms with Gasteiger partial charge in [-0.05, 0) is 41.5 Å². The predicted octanol–water partition coefficient (Wildman–Crippen LogP) is 2.00. The molecule has 0 N–H and O–H groups in total. The smallest absolute Gasteiger partial charge is 0.473 e. The molecule has 1 aromatic rings. The molecule has 1 fully saturated rings. The summed E-state index contributed by atoms with van der Waals surface area (Å²) in [5, 5.41) is 11.3. The standard InChI is InChI=1S/C14H21BN2O5/c1-7-20-12-11(17(18)19)9(2)10(8-16-12)15-21-13(3,4)14(5,6)22-15/h8H,7H2,1-6H3. The third kappa shape index (κ3) is 2.68. The van der Waals surface area contributed by atoms with E-state index in [0.717, 1.165) is 0 Å². The van der Waals surface area contributed by atoms with Crippen LogP contribution in [0, 0.1) is 17.0 Å². The molecule has 120 valence electrons. The summed E-state index contributed by atoms with van der Waals surface area (Å²) in [6.45, 7) is 11.4. The molecule has 2 heterocycles. The molecule has 2 rings (SSSR count). The Hall–Kier alpha value is -1.67. The van der Waals surface area contributed by atoms with E-state index in [4.69, 9.17) is 14.0 Å². The van der Waals surface area contributed by atoms with Crippen molar-refractivity contribution >= 4 is 18.3 Å². The molecule has 0 amide bonds. The Balaban J connectivity index is 2.46. The monoisotopic (exact) mass is 308 g/mol. The van der Waals surface area contributed by atoms with Crippen LogP contribution in [0.1, 0.15) is 40.2 Å². The summed E-state index contributed by atoms with van der Waals surface area (Å²) in [6, 6.07) is 0. The summed E-state index contributed by atoms with van der Waals surface area (Å²) < 4.78 is 17.1. The van der Waals surface area contributed by atoms with Crippen LogP contribution in [0.15, 0.2) is 6.20 Å². The largest absolute Gasteiger partial charge is 0.496 e. The third-order valence-electron chi connectivity index (χ3n) is 4.28. The number of rotatable bonds is 4. The first-order valence-corrected chi connectivity index (χ1v) is 7.23. The van der Waals surface area contributed by atoms with E-state index in [9.17, 15) is 10.1 Å². The number of ether oxygens (including phenoxy) is 1. The maximum Gasteiger partial charge on any atom is 0.496 e. The highest BCUT2D eigenvalue weighted by molar-refractivity contribution is 6.62. The number of hydrogen-bond acceptors (Lipinski definition) is 6. The van der Waals surface area contributed by atoms with E-state index in [0.29, 0.717) is 17.6 Å². The molecule has 0 aliphatic carbocycles. The Morgan fingerprint density at radius 2 is 1.86 bits per heavy atom. The first-order chi connectivity index (χ1) is 10.1. The maximum atomic E-state index is 11.3. The molecule has 0 radical (unpaired) electrons. The zero-order valence-electron chi connectivity index (χ0n) is 13.8. The average Bonchev–Trinajstić information content (AvgIpc) is 2.58. The highest BCUT2D eigenvalue weighted by atomic mass is 16.7. The molecule has 1 aliphatic rings. The van der Waals surface area contributed by atoms with Gasteiger partial charge < -0.3 is 14.0 Å². The van der Waals surface area contributed by atoms with Gasteiger partial charge in [0.15, 0.2) is 0 Å². The minimum atomic E-state index is -0.688. The van der Waals surface area contributed by atoms with E-state index in [-0.39, 0.29) is 11.6 Å². The van der Waals surface area contributed by atoms with Gasteiger partial charge in [-0.15, -0.1) is 0 Å². The highest BCUT2D eigenvalue weighted by Crippen LogP contribution is 2.37. The zero-order valence-corrected chi connectivity index (χ0v) is 13.8. The number of aromatic nitrogens is 1. The molecule has 0 unspecified atom stereocenters. The quantitative estimate of drug-likeness (QED) is 0.480. The Morgan fingerprint density at radius 1 is 1.32 bits per heavy atom. The Bertz CT molecular complexity index is 587. The topological polar surface area (TPSA) is 83.7 Å². The lowest BCUT2D eigenvalue weighted by atomic mass is 9.77. The van der Waals surface area contributed by atoms with Crippen molar-refractivity contribution in [2.24, 2.45) is 0 Å². The third-order valence-corrected chi connectivity index (χ3v) is 4.28. The Labute approximate surface area is 130 Å². The van der Waals surface area contributed by atoms with E-state index < -0.39 is 23.2 Å². The van der Waals surface area contributed by atoms with Crippen molar-refractivity contribution in [1.29, 1.82) is 0 Å². The van der Waals surface area contributed by atoms with Crippen molar-refractivity contribution in [3.8, 4) is 5.88 Å². The lowest BCUT2D eigenvalue weighted by Crippen LogP contribution is -2.41. The summed E-state index contributed by atoms with van der Waals surface area (Å²) in [5.74, 6) is 0.0188. The highest BCUT2D eigenvalue weighted by Gasteiger charge is 2.52. The zero-order chi connectivity index (χ0) is 16.7. The van der Waals surface area contributed by atoms with Crippen LogP contribution in [0.2, 0.25) is 0 Å². The van der Waals surface area contributed by atoms with E-state index >= 15 is 0 Å². The van der Waals surface area contributed by atoms with Crippen molar-refractivity contribution in [2.75, 3.05) is 6.61 Å². The SMILES string of the molecule is CCOc1ncc(B2OC(C)(C)C(C)(C)O2)c(C)c1[N+](=O)[O-]. The predicted molar refractivity (Wildman–Crippen MR) is 82.5 cm³/mol. The first kappa shape index (κ1) is 16.7. The van der Waals surface area contributed by atoms with E-state index in [2.05, 4.69) is 4.98 Å². The van der Waals surface area contributed by atoms with Crippen LogP contribution in [0.5, 0.6) is 5.88 Å². The number of pyridine rings is 1. The Kier molecular flexibility index (Phi) is 4.19. The van der Waals surface area contributed by atoms with Gasteiger partial charge in [-0.2, -0.15) is 0 Å². The van der Waals surface area contributed by atoms with Crippen LogP contribution in [-0.2, 0) is 9.31 Å². The lowest BCUT2D eigenvalue weighted by Gasteiger charge is -2.32. The van der Waals surface area contributed by atoms with Crippen LogP contribution < -0.4 is 10.2 Å². The van der Waals surface area contributed by atoms with Crippen LogP contribution >= 0.6 is 0 Å². The molecule has 0 atom stereocenters. The van der Waals surface area contributed by atoms with E-state index in [1.54, 1.807) is 13.8 Å². The van der Waals surface area contributed by atoms with Gasteiger partial charge in [-0.1, -0.05) is 0 Å². The van der Waals surface area contributed by atoms with E-state index in [1.165, 1.54) is 6.20 Å². The second-order valence-electron chi connectivity index (χ2n) is 6.27. The maximum absolute atomic E-state index is 11.3. The van der Waals surface area contributed by atoms with Crippen molar-refractivity contribution in [2.45, 2.75) is 52.7 Å². The molecule has 0 aromatic carbocycles. The van der Waals surface area contributed by atoms with Crippen molar-refractivity contribution in [3.63, 3.8) is 0 Å². The van der Waals surface area contributed by atoms with Gasteiger partial charge in [0.1, 0.15) is 0 Å². The van der Waals surface area contributed by atoms with Gasteiger partial charge in [0.2, 0.25) is 0 Å². The second kappa shape index (κ2) is 5.51. The molecule has 7 nitrogen and oxygen atoms in total. The molecule has 1 aliphatic heterocycles. The molecule has 1 aromatic heterocycles. The van der Waals surface area contributed by atoms with Crippen molar-refractivity contribution in [1.82, 2.24) is 4.98 Å². The van der Waals surface area contributed by atoms with Crippen molar-refractivity contribution < 1.29 is 19.0 Å². The summed E-state index contributed by atoms with van der Waals surface area (Å²) in [6.07, 6.45) is 1.52. The molecular formula is C14H21BN2O5. The fourth-order valence-corrected chi connectivity index (χ4v) is 2.25. The van der Waals surface area contributed by atoms with Crippen LogP contribution in [0.25, 0.3) is 0 Å². The molecular weight excluding hydrogens is 287 g/mol. The van der Waals surface area contributed by atoms with Crippen LogP contribution in [0.4, 0.5) is 5.69 Å². The van der Waals surface area contributed by atoms with Crippen molar-refractivity contribution in [3.05, 3.63) is 21.9 Å². The second-order valence-corrected chi connectivity index (χ2v) is 6.27. The van der Waals surface area contributed by atoms with Gasteiger partial charge in [-0.25, -0.2) is 4.98 Å². The minimum Gasteiger partial charge on any atom is -0.473 e. The molecule has 1 saturated heterocycles. The molecule has 22 heavy (non-hydrogen) atoms. The van der Waals surface area contributed by atoms with E-state index in [1.807, 2.05) is 27.7 Å². The normalized spacial score (nSPS) is 19.3. The van der Waals surface area contributed by atoms with Gasteiger partial charge in [0.05, 0.1) is 22.7 Å². The molecule has 0 saturated carbocycles. The van der Waals surface area contributed by atoms with Crippen LogP contribution in [-0.4, -0.2) is 34.8 Å². The summed E-state index contributed by atoms with van der Waals surface area (Å²) >= 11 is 0. The molecule has 0 bridgehead atoms. The summed E-state index contributed by atoms with van der Waals surface area (Å²) in [7, 11) is -0.688. The fraction of sp³-hybridized carbons (Fsp3) is 0.643. The van der Waals surface area contributed by atoms with Gasteiger partial charge >= 0.3 is 12.8 Å².